The van der Waals surface area contributed by atoms with Crippen LogP contribution in [0.25, 0.3) is 17.7 Å². The number of fused-ring (bicyclic) bond motifs is 1. The monoisotopic (exact) mass is 294 g/mol. The first-order chi connectivity index (χ1) is 10.7. The predicted octanol–water partition coefficient (Wildman–Crippen LogP) is 2.69. The number of rotatable bonds is 3. The lowest BCUT2D eigenvalue weighted by Gasteiger charge is -2.03. The zero-order valence-electron chi connectivity index (χ0n) is 11.9. The van der Waals surface area contributed by atoms with E-state index < -0.39 is 5.97 Å². The highest BCUT2D eigenvalue weighted by Gasteiger charge is 2.26. The summed E-state index contributed by atoms with van der Waals surface area (Å²) in [5.74, 6) is -0.603. The largest absolute Gasteiger partial charge is 0.466 e. The van der Waals surface area contributed by atoms with Gasteiger partial charge in [0.1, 0.15) is 0 Å². The van der Waals surface area contributed by atoms with Gasteiger partial charge >= 0.3 is 5.97 Å². The van der Waals surface area contributed by atoms with E-state index in [1.165, 1.54) is 13.2 Å². The second kappa shape index (κ2) is 5.73. The average molecular weight is 294 g/mol. The number of aromatic nitrogens is 1. The number of esters is 1. The second-order valence-corrected chi connectivity index (χ2v) is 4.76. The molecule has 0 bridgehead atoms. The Kier molecular flexibility index (Phi) is 3.62. The molecule has 1 aliphatic rings. The molecule has 0 fully saturated rings. The van der Waals surface area contributed by atoms with Crippen LogP contribution in [0.4, 0.5) is 5.69 Å². The van der Waals surface area contributed by atoms with Crippen LogP contribution in [-0.2, 0) is 14.3 Å². The van der Waals surface area contributed by atoms with Crippen molar-refractivity contribution in [3.63, 3.8) is 0 Å². The molecule has 1 aliphatic heterocycles. The number of amides is 1. The third kappa shape index (κ3) is 2.56. The molecule has 0 radical (unpaired) electrons. The van der Waals surface area contributed by atoms with Crippen LogP contribution in [0.2, 0.25) is 0 Å². The van der Waals surface area contributed by atoms with Crippen molar-refractivity contribution in [1.82, 2.24) is 4.98 Å². The molecule has 2 heterocycles. The van der Waals surface area contributed by atoms with Crippen LogP contribution < -0.4 is 5.32 Å². The van der Waals surface area contributed by atoms with E-state index in [1.807, 2.05) is 30.3 Å². The van der Waals surface area contributed by atoms with Gasteiger partial charge in [0.15, 0.2) is 0 Å². The normalized spacial score (nSPS) is 15.1. The van der Waals surface area contributed by atoms with Crippen LogP contribution in [0.5, 0.6) is 0 Å². The third-order valence-corrected chi connectivity index (χ3v) is 3.38. The molecule has 0 saturated carbocycles. The highest BCUT2D eigenvalue weighted by Crippen LogP contribution is 2.36. The van der Waals surface area contributed by atoms with Crippen LogP contribution >= 0.6 is 0 Å². The van der Waals surface area contributed by atoms with Crippen molar-refractivity contribution in [3.8, 4) is 0 Å². The molecular weight excluding hydrogens is 280 g/mol. The quantitative estimate of drug-likeness (QED) is 0.675. The molecule has 5 heteroatoms. The molecule has 110 valence electrons. The zero-order chi connectivity index (χ0) is 15.5. The highest BCUT2D eigenvalue weighted by atomic mass is 16.5. The van der Waals surface area contributed by atoms with Crippen molar-refractivity contribution >= 4 is 35.3 Å². The number of H-pyrrole nitrogens is 1. The van der Waals surface area contributed by atoms with Gasteiger partial charge in [-0.1, -0.05) is 12.1 Å². The molecule has 0 saturated heterocycles. The Morgan fingerprint density at radius 3 is 2.82 bits per heavy atom. The molecule has 0 unspecified atom stereocenters. The van der Waals surface area contributed by atoms with Crippen molar-refractivity contribution in [2.24, 2.45) is 0 Å². The number of benzene rings is 1. The van der Waals surface area contributed by atoms with Gasteiger partial charge in [-0.2, -0.15) is 0 Å². The van der Waals surface area contributed by atoms with Crippen LogP contribution in [0.3, 0.4) is 0 Å². The summed E-state index contributed by atoms with van der Waals surface area (Å²) in [5.41, 5.74) is 3.68. The lowest BCUT2D eigenvalue weighted by molar-refractivity contribution is -0.134. The molecule has 5 nitrogen and oxygen atoms in total. The van der Waals surface area contributed by atoms with Gasteiger partial charge < -0.3 is 15.0 Å². The Hall–Kier alpha value is -3.08. The first kappa shape index (κ1) is 13.9. The number of hydrogen-bond donors (Lipinski definition) is 2. The molecule has 0 atom stereocenters. The summed E-state index contributed by atoms with van der Waals surface area (Å²) in [7, 11) is 1.32. The van der Waals surface area contributed by atoms with E-state index in [-0.39, 0.29) is 5.91 Å². The molecule has 1 aromatic heterocycles. The highest BCUT2D eigenvalue weighted by molar-refractivity contribution is 6.35. The Labute approximate surface area is 127 Å². The number of anilines is 1. The van der Waals surface area contributed by atoms with E-state index in [1.54, 1.807) is 18.3 Å². The van der Waals surface area contributed by atoms with Gasteiger partial charge in [-0.25, -0.2) is 4.79 Å². The van der Waals surface area contributed by atoms with Gasteiger partial charge in [0.05, 0.1) is 12.7 Å². The van der Waals surface area contributed by atoms with Gasteiger partial charge in [0.25, 0.3) is 5.91 Å². The molecule has 0 aliphatic carbocycles. The van der Waals surface area contributed by atoms with E-state index >= 15 is 0 Å². The predicted molar refractivity (Wildman–Crippen MR) is 84.8 cm³/mol. The van der Waals surface area contributed by atoms with Crippen molar-refractivity contribution < 1.29 is 14.3 Å². The van der Waals surface area contributed by atoms with E-state index in [0.717, 1.165) is 22.5 Å². The maximum Gasteiger partial charge on any atom is 0.330 e. The lowest BCUT2D eigenvalue weighted by atomic mass is 9.99. The number of hydrogen-bond acceptors (Lipinski definition) is 3. The molecule has 3 rings (SSSR count). The van der Waals surface area contributed by atoms with E-state index in [2.05, 4.69) is 15.0 Å². The molecule has 22 heavy (non-hydrogen) atoms. The van der Waals surface area contributed by atoms with Crippen LogP contribution in [0.15, 0.2) is 42.6 Å². The molecule has 1 amide bonds. The number of ether oxygens (including phenoxy) is 1. The topological polar surface area (TPSA) is 71.2 Å². The molecule has 0 spiro atoms. The van der Waals surface area contributed by atoms with E-state index in [0.29, 0.717) is 5.57 Å². The summed E-state index contributed by atoms with van der Waals surface area (Å²) in [6.07, 6.45) is 6.57. The summed E-state index contributed by atoms with van der Waals surface area (Å²) < 4.78 is 4.60. The summed E-state index contributed by atoms with van der Waals surface area (Å²) >= 11 is 0. The van der Waals surface area contributed by atoms with Crippen molar-refractivity contribution in [1.29, 1.82) is 0 Å². The minimum absolute atomic E-state index is 0.163. The van der Waals surface area contributed by atoms with Gasteiger partial charge in [-0.3, -0.25) is 4.79 Å². The Bertz CT molecular complexity index is 786. The number of aromatic amines is 1. The number of carbonyl (C=O) groups excluding carboxylic acids is 2. The fourth-order valence-electron chi connectivity index (χ4n) is 2.37. The summed E-state index contributed by atoms with van der Waals surface area (Å²) in [5, 5.41) is 2.83. The average Bonchev–Trinajstić information content (AvgIpc) is 3.14. The van der Waals surface area contributed by atoms with E-state index in [9.17, 15) is 9.59 Å². The number of methoxy groups -OCH3 is 1. The Morgan fingerprint density at radius 2 is 2.09 bits per heavy atom. The number of carbonyl (C=O) groups is 2. The molecular formula is C17H14N2O3. The van der Waals surface area contributed by atoms with Crippen molar-refractivity contribution in [2.75, 3.05) is 12.4 Å². The minimum Gasteiger partial charge on any atom is -0.466 e. The van der Waals surface area contributed by atoms with Crippen molar-refractivity contribution in [3.05, 3.63) is 59.4 Å². The van der Waals surface area contributed by atoms with Crippen LogP contribution in [0, 0.1) is 0 Å². The lowest BCUT2D eigenvalue weighted by Crippen LogP contribution is -2.03. The first-order valence-corrected chi connectivity index (χ1v) is 6.75. The third-order valence-electron chi connectivity index (χ3n) is 3.38. The fraction of sp³-hybridized carbons (Fsp3) is 0.0588. The molecule has 2 N–H and O–H groups in total. The van der Waals surface area contributed by atoms with Gasteiger partial charge in [-0.15, -0.1) is 0 Å². The van der Waals surface area contributed by atoms with Gasteiger partial charge in [0.2, 0.25) is 0 Å². The van der Waals surface area contributed by atoms with Gasteiger partial charge in [0, 0.05) is 29.2 Å². The minimum atomic E-state index is -0.440. The SMILES string of the molecule is COC(=O)C=Cc1cccc2c1C(=Cc1ccc[nH]1)C(=O)N2. The Morgan fingerprint density at radius 1 is 1.23 bits per heavy atom. The molecule has 1 aromatic carbocycles. The zero-order valence-corrected chi connectivity index (χ0v) is 11.9. The van der Waals surface area contributed by atoms with Crippen LogP contribution in [-0.4, -0.2) is 24.0 Å². The standard InChI is InChI=1S/C17H14N2O3/c1-22-15(20)8-7-11-4-2-6-14-16(11)13(17(21)19-14)10-12-5-3-9-18-12/h2-10,18H,1H3,(H,19,21). The maximum atomic E-state index is 12.2. The fourth-order valence-corrected chi connectivity index (χ4v) is 2.37. The smallest absolute Gasteiger partial charge is 0.330 e. The maximum absolute atomic E-state index is 12.2. The van der Waals surface area contributed by atoms with E-state index in [4.69, 9.17) is 0 Å². The summed E-state index contributed by atoms with van der Waals surface area (Å²) in [6.45, 7) is 0. The first-order valence-electron chi connectivity index (χ1n) is 6.75. The van der Waals surface area contributed by atoms with Crippen molar-refractivity contribution in [2.45, 2.75) is 0 Å². The second-order valence-electron chi connectivity index (χ2n) is 4.76. The van der Waals surface area contributed by atoms with Crippen LogP contribution in [0.1, 0.15) is 16.8 Å². The molecule has 2 aromatic rings. The number of nitrogens with one attached hydrogen (secondary N) is 2. The Balaban J connectivity index is 2.07. The summed E-state index contributed by atoms with van der Waals surface area (Å²) in [4.78, 5) is 26.5. The van der Waals surface area contributed by atoms with Gasteiger partial charge in [-0.05, 0) is 35.9 Å². The summed E-state index contributed by atoms with van der Waals surface area (Å²) in [6, 6.07) is 9.25.